The molecular weight excluding hydrogens is 587 g/mol. The summed E-state index contributed by atoms with van der Waals surface area (Å²) in [4.78, 5) is 22.8. The van der Waals surface area contributed by atoms with E-state index in [4.69, 9.17) is 9.05 Å². The Hall–Kier alpha value is -1.54. The van der Waals surface area contributed by atoms with Crippen molar-refractivity contribution in [2.75, 3.05) is 40.9 Å². The molecule has 0 fully saturated rings. The number of carbonyl (C=O) groups excluding carboxylic acids is 1. The van der Waals surface area contributed by atoms with Gasteiger partial charge in [0.2, 0.25) is 5.91 Å². The number of quaternary nitrogens is 1. The van der Waals surface area contributed by atoms with E-state index < -0.39 is 20.0 Å². The van der Waals surface area contributed by atoms with E-state index in [1.165, 1.54) is 38.5 Å². The Labute approximate surface area is 276 Å². The van der Waals surface area contributed by atoms with Gasteiger partial charge in [-0.1, -0.05) is 107 Å². The number of rotatable bonds is 30. The molecule has 3 atom stereocenters. The normalized spacial score (nSPS) is 15.4. The molecule has 0 aromatic carbocycles. The fraction of sp³-hybridized carbons (Fsp3) is 0.750. The summed E-state index contributed by atoms with van der Waals surface area (Å²) in [5, 5.41) is 13.6. The average molecular weight is 656 g/mol. The van der Waals surface area contributed by atoms with Gasteiger partial charge in [0.1, 0.15) is 13.2 Å². The molecule has 262 valence electrons. The first-order valence-corrected chi connectivity index (χ1v) is 19.0. The molecular formula is C36H68N2O6P+. The summed E-state index contributed by atoms with van der Waals surface area (Å²) in [6.07, 6.45) is 33.3. The third-order valence-corrected chi connectivity index (χ3v) is 8.26. The number of unbranched alkanes of at least 4 members (excludes halogenated alkanes) is 11. The maximum Gasteiger partial charge on any atom is 0.472 e. The fourth-order valence-corrected chi connectivity index (χ4v) is 5.10. The van der Waals surface area contributed by atoms with Crippen molar-refractivity contribution in [1.29, 1.82) is 0 Å². The summed E-state index contributed by atoms with van der Waals surface area (Å²) in [7, 11) is 1.53. The minimum atomic E-state index is -4.33. The molecule has 0 spiro atoms. The van der Waals surface area contributed by atoms with Crippen LogP contribution in [0.3, 0.4) is 0 Å². The van der Waals surface area contributed by atoms with Gasteiger partial charge in [-0.3, -0.25) is 13.8 Å². The van der Waals surface area contributed by atoms with E-state index in [9.17, 15) is 19.4 Å². The molecule has 0 saturated carbocycles. The number of amides is 1. The van der Waals surface area contributed by atoms with Gasteiger partial charge in [0.15, 0.2) is 0 Å². The molecule has 0 aromatic rings. The minimum absolute atomic E-state index is 0.0510. The van der Waals surface area contributed by atoms with E-state index >= 15 is 0 Å². The van der Waals surface area contributed by atoms with Crippen LogP contribution in [0.15, 0.2) is 48.6 Å². The van der Waals surface area contributed by atoms with Crippen molar-refractivity contribution in [3.05, 3.63) is 48.6 Å². The second kappa shape index (κ2) is 28.7. The van der Waals surface area contributed by atoms with E-state index in [2.05, 4.69) is 55.6 Å². The van der Waals surface area contributed by atoms with Crippen molar-refractivity contribution in [3.63, 3.8) is 0 Å². The molecule has 0 aliphatic carbocycles. The summed E-state index contributed by atoms with van der Waals surface area (Å²) in [6.45, 7) is 4.63. The van der Waals surface area contributed by atoms with Crippen molar-refractivity contribution in [3.8, 4) is 0 Å². The van der Waals surface area contributed by atoms with Crippen LogP contribution in [0.2, 0.25) is 0 Å². The number of phosphoric ester groups is 1. The molecule has 0 bridgehead atoms. The molecule has 3 unspecified atom stereocenters. The first-order valence-electron chi connectivity index (χ1n) is 17.5. The largest absolute Gasteiger partial charge is 0.472 e. The predicted molar refractivity (Wildman–Crippen MR) is 189 cm³/mol. The highest BCUT2D eigenvalue weighted by atomic mass is 31.2. The summed E-state index contributed by atoms with van der Waals surface area (Å²) in [6, 6.07) is -0.866. The quantitative estimate of drug-likeness (QED) is 0.0310. The molecule has 0 aliphatic heterocycles. The zero-order valence-electron chi connectivity index (χ0n) is 29.3. The second-order valence-corrected chi connectivity index (χ2v) is 14.3. The van der Waals surface area contributed by atoms with Crippen molar-refractivity contribution in [2.24, 2.45) is 0 Å². The highest BCUT2D eigenvalue weighted by molar-refractivity contribution is 7.47. The predicted octanol–water partition coefficient (Wildman–Crippen LogP) is 8.57. The monoisotopic (exact) mass is 655 g/mol. The zero-order chi connectivity index (χ0) is 33.7. The molecule has 8 nitrogen and oxygen atoms in total. The van der Waals surface area contributed by atoms with Gasteiger partial charge in [-0.2, -0.15) is 0 Å². The van der Waals surface area contributed by atoms with Crippen molar-refractivity contribution < 1.29 is 32.9 Å². The summed E-state index contributed by atoms with van der Waals surface area (Å²) >= 11 is 0. The Bertz CT molecular complexity index is 881. The van der Waals surface area contributed by atoms with Crippen LogP contribution < -0.4 is 5.32 Å². The number of nitrogens with zero attached hydrogens (tertiary/aromatic N) is 1. The Morgan fingerprint density at radius 2 is 1.31 bits per heavy atom. The number of nitrogens with one attached hydrogen (secondary N) is 1. The van der Waals surface area contributed by atoms with Crippen molar-refractivity contribution in [2.45, 2.75) is 135 Å². The second-order valence-electron chi connectivity index (χ2n) is 12.9. The lowest BCUT2D eigenvalue weighted by atomic mass is 10.1. The Morgan fingerprint density at radius 3 is 1.98 bits per heavy atom. The maximum atomic E-state index is 12.7. The van der Waals surface area contributed by atoms with E-state index in [0.29, 0.717) is 17.4 Å². The topological polar surface area (TPSA) is 105 Å². The molecule has 0 saturated heterocycles. The molecule has 0 rings (SSSR count). The van der Waals surface area contributed by atoms with E-state index in [-0.39, 0.29) is 19.1 Å². The summed E-state index contributed by atoms with van der Waals surface area (Å²) in [5.41, 5.74) is 0. The van der Waals surface area contributed by atoms with E-state index in [0.717, 1.165) is 64.2 Å². The van der Waals surface area contributed by atoms with Crippen LogP contribution in [0.4, 0.5) is 0 Å². The van der Waals surface area contributed by atoms with Gasteiger partial charge in [0.05, 0.1) is 39.9 Å². The SMILES string of the molecule is CCCC/C=C/CC/C=C/C(O)C(COP(=O)(O)OCC[N+](C)(C)C)NC(=O)CCCCCCC/C=C\C/C=C\CCCCC. The first-order chi connectivity index (χ1) is 21.5. The summed E-state index contributed by atoms with van der Waals surface area (Å²) < 4.78 is 23.3. The van der Waals surface area contributed by atoms with Gasteiger partial charge in [-0.25, -0.2) is 4.57 Å². The molecule has 0 aromatic heterocycles. The van der Waals surface area contributed by atoms with Gasteiger partial charge in [-0.15, -0.1) is 0 Å². The van der Waals surface area contributed by atoms with Gasteiger partial charge in [0.25, 0.3) is 0 Å². The lowest BCUT2D eigenvalue weighted by molar-refractivity contribution is -0.870. The lowest BCUT2D eigenvalue weighted by Crippen LogP contribution is -2.45. The summed E-state index contributed by atoms with van der Waals surface area (Å²) in [5.74, 6) is -0.209. The molecule has 0 radical (unpaired) electrons. The van der Waals surface area contributed by atoms with Gasteiger partial charge >= 0.3 is 7.82 Å². The van der Waals surface area contributed by atoms with Crippen LogP contribution in [0.25, 0.3) is 0 Å². The standard InChI is InChI=1S/C36H67N2O6P/c1-6-8-10-12-14-16-17-18-19-20-21-22-24-26-28-30-36(40)37-34(33-44-45(41,42)43-32-31-38(3,4)5)35(39)29-27-25-23-15-13-11-9-7-2/h13-16,18-19,27,29,34-35,39H,6-12,17,20-26,28,30-33H2,1-5H3,(H-,37,40,41,42)/p+1/b15-13+,16-14-,19-18-,29-27+. The molecule has 0 heterocycles. The van der Waals surface area contributed by atoms with Crippen molar-refractivity contribution >= 4 is 13.7 Å². The van der Waals surface area contributed by atoms with Crippen LogP contribution in [-0.4, -0.2) is 73.4 Å². The van der Waals surface area contributed by atoms with Crippen LogP contribution in [0.5, 0.6) is 0 Å². The maximum absolute atomic E-state index is 12.7. The zero-order valence-corrected chi connectivity index (χ0v) is 30.2. The Morgan fingerprint density at radius 1 is 0.756 bits per heavy atom. The number of hydrogen-bond donors (Lipinski definition) is 3. The highest BCUT2D eigenvalue weighted by Crippen LogP contribution is 2.43. The number of hydrogen-bond acceptors (Lipinski definition) is 5. The number of likely N-dealkylation sites (N-methyl/N-ethyl adjacent to an activating group) is 1. The van der Waals surface area contributed by atoms with E-state index in [1.807, 2.05) is 27.2 Å². The van der Waals surface area contributed by atoms with Gasteiger partial charge in [0, 0.05) is 6.42 Å². The van der Waals surface area contributed by atoms with Crippen LogP contribution in [0.1, 0.15) is 123 Å². The van der Waals surface area contributed by atoms with Crippen molar-refractivity contribution in [1.82, 2.24) is 5.32 Å². The molecule has 45 heavy (non-hydrogen) atoms. The number of aliphatic hydroxyl groups excluding tert-OH is 1. The molecule has 9 heteroatoms. The van der Waals surface area contributed by atoms with Crippen LogP contribution in [0, 0.1) is 0 Å². The molecule has 3 N–H and O–H groups in total. The smallest absolute Gasteiger partial charge is 0.387 e. The number of allylic oxidation sites excluding steroid dienone is 7. The van der Waals surface area contributed by atoms with Crippen LogP contribution >= 0.6 is 7.82 Å². The van der Waals surface area contributed by atoms with Gasteiger partial charge < -0.3 is 19.8 Å². The van der Waals surface area contributed by atoms with Crippen LogP contribution in [-0.2, 0) is 18.4 Å². The third-order valence-electron chi connectivity index (χ3n) is 7.27. The minimum Gasteiger partial charge on any atom is -0.387 e. The van der Waals surface area contributed by atoms with Gasteiger partial charge in [-0.05, 0) is 57.8 Å². The lowest BCUT2D eigenvalue weighted by Gasteiger charge is -2.25. The van der Waals surface area contributed by atoms with E-state index in [1.54, 1.807) is 6.08 Å². The third kappa shape index (κ3) is 30.9. The number of carbonyl (C=O) groups is 1. The highest BCUT2D eigenvalue weighted by Gasteiger charge is 2.27. The number of aliphatic hydroxyl groups is 1. The molecule has 0 aliphatic rings. The fourth-order valence-electron chi connectivity index (χ4n) is 4.36. The first kappa shape index (κ1) is 43.5. The number of phosphoric acid groups is 1. The Balaban J connectivity index is 4.58. The molecule has 1 amide bonds. The Kier molecular flexibility index (Phi) is 27.7. The average Bonchev–Trinajstić information content (AvgIpc) is 2.97.